The van der Waals surface area contributed by atoms with Gasteiger partial charge < -0.3 is 9.88 Å². The molecule has 2 aromatic carbocycles. The lowest BCUT2D eigenvalue weighted by atomic mass is 9.91. The largest absolute Gasteiger partial charge is 0.358 e. The Bertz CT molecular complexity index is 976. The summed E-state index contributed by atoms with van der Waals surface area (Å²) < 4.78 is 0. The van der Waals surface area contributed by atoms with E-state index < -0.39 is 0 Å². The molecule has 0 bridgehead atoms. The van der Waals surface area contributed by atoms with Crippen LogP contribution in [-0.2, 0) is 11.2 Å². The number of aromatic nitrogens is 1. The van der Waals surface area contributed by atoms with Crippen LogP contribution in [0.5, 0.6) is 0 Å². The van der Waals surface area contributed by atoms with Gasteiger partial charge >= 0.3 is 0 Å². The summed E-state index contributed by atoms with van der Waals surface area (Å²) in [6, 6.07) is 15.1. The van der Waals surface area contributed by atoms with Crippen molar-refractivity contribution in [3.8, 4) is 0 Å². The van der Waals surface area contributed by atoms with Crippen LogP contribution in [-0.4, -0.2) is 28.9 Å². The van der Waals surface area contributed by atoms with Gasteiger partial charge in [0.2, 0.25) is 5.91 Å². The summed E-state index contributed by atoms with van der Waals surface area (Å²) in [5, 5.41) is 1.34. The third kappa shape index (κ3) is 3.84. The number of likely N-dealkylation sites (tertiary alicyclic amines) is 1. The van der Waals surface area contributed by atoms with Gasteiger partial charge in [-0.05, 0) is 63.3 Å². The predicted molar refractivity (Wildman–Crippen MR) is 116 cm³/mol. The van der Waals surface area contributed by atoms with Gasteiger partial charge in [-0.15, -0.1) is 0 Å². The smallest absolute Gasteiger partial charge is 0.222 e. The van der Waals surface area contributed by atoms with Crippen molar-refractivity contribution in [1.29, 1.82) is 0 Å². The highest BCUT2D eigenvalue weighted by atomic mass is 16.2. The highest BCUT2D eigenvalue weighted by Gasteiger charge is 2.26. The van der Waals surface area contributed by atoms with Crippen molar-refractivity contribution in [3.63, 3.8) is 0 Å². The lowest BCUT2D eigenvalue weighted by molar-refractivity contribution is -0.132. The van der Waals surface area contributed by atoms with E-state index >= 15 is 0 Å². The van der Waals surface area contributed by atoms with Crippen LogP contribution in [0.15, 0.2) is 42.5 Å². The number of benzene rings is 2. The molecule has 1 N–H and O–H groups in total. The van der Waals surface area contributed by atoms with Gasteiger partial charge in [0.25, 0.3) is 0 Å². The number of nitrogens with one attached hydrogen (secondary N) is 1. The maximum absolute atomic E-state index is 12.6. The normalized spacial score (nSPS) is 15.3. The van der Waals surface area contributed by atoms with E-state index in [1.54, 1.807) is 0 Å². The van der Waals surface area contributed by atoms with Gasteiger partial charge in [0, 0.05) is 42.0 Å². The zero-order chi connectivity index (χ0) is 19.7. The molecule has 0 radical (unpaired) electrons. The number of H-pyrrole nitrogens is 1. The maximum Gasteiger partial charge on any atom is 0.222 e. The van der Waals surface area contributed by atoms with Crippen LogP contribution in [0.3, 0.4) is 0 Å². The molecule has 28 heavy (non-hydrogen) atoms. The van der Waals surface area contributed by atoms with E-state index in [0.29, 0.717) is 18.2 Å². The highest BCUT2D eigenvalue weighted by molar-refractivity contribution is 5.85. The molecule has 2 heterocycles. The number of aromatic amines is 1. The molecule has 3 nitrogen and oxygen atoms in total. The molecule has 0 spiro atoms. The number of fused-ring (bicyclic) bond motifs is 1. The van der Waals surface area contributed by atoms with Gasteiger partial charge in [-0.2, -0.15) is 0 Å². The first-order valence-electron chi connectivity index (χ1n) is 10.4. The first-order valence-corrected chi connectivity index (χ1v) is 10.4. The Morgan fingerprint density at radius 3 is 2.39 bits per heavy atom. The van der Waals surface area contributed by atoms with Crippen molar-refractivity contribution in [3.05, 3.63) is 70.4 Å². The van der Waals surface area contributed by atoms with Gasteiger partial charge in [0.05, 0.1) is 0 Å². The molecule has 0 aliphatic carbocycles. The van der Waals surface area contributed by atoms with Crippen LogP contribution < -0.4 is 0 Å². The fraction of sp³-hybridized carbons (Fsp3) is 0.400. The Hall–Kier alpha value is -2.55. The molecule has 4 rings (SSSR count). The highest BCUT2D eigenvalue weighted by Crippen LogP contribution is 2.34. The minimum atomic E-state index is 0.294. The number of carbonyl (C=O) groups excluding carboxylic acids is 1. The molecular formula is C25H30N2O. The third-order valence-corrected chi connectivity index (χ3v) is 6.26. The van der Waals surface area contributed by atoms with Crippen molar-refractivity contribution in [1.82, 2.24) is 9.88 Å². The Morgan fingerprint density at radius 2 is 1.68 bits per heavy atom. The second kappa shape index (κ2) is 7.83. The average Bonchev–Trinajstić information content (AvgIpc) is 3.03. The molecule has 3 aromatic rings. The molecular weight excluding hydrogens is 344 g/mol. The van der Waals surface area contributed by atoms with E-state index in [4.69, 9.17) is 0 Å². The number of aryl methyl sites for hydroxylation is 4. The first-order chi connectivity index (χ1) is 13.5. The van der Waals surface area contributed by atoms with Gasteiger partial charge in [0.15, 0.2) is 0 Å². The second-order valence-electron chi connectivity index (χ2n) is 8.35. The summed E-state index contributed by atoms with van der Waals surface area (Å²) in [5.41, 5.74) is 7.79. The first kappa shape index (κ1) is 18.8. The summed E-state index contributed by atoms with van der Waals surface area (Å²) >= 11 is 0. The van der Waals surface area contributed by atoms with E-state index in [1.807, 2.05) is 0 Å². The number of amides is 1. The van der Waals surface area contributed by atoms with Crippen LogP contribution in [0.1, 0.15) is 53.1 Å². The zero-order valence-electron chi connectivity index (χ0n) is 17.2. The van der Waals surface area contributed by atoms with E-state index in [1.165, 1.54) is 38.9 Å². The number of hydrogen-bond donors (Lipinski definition) is 1. The number of piperidine rings is 1. The van der Waals surface area contributed by atoms with E-state index in [2.05, 4.69) is 73.1 Å². The summed E-state index contributed by atoms with van der Waals surface area (Å²) in [7, 11) is 0. The van der Waals surface area contributed by atoms with Crippen molar-refractivity contribution in [2.24, 2.45) is 0 Å². The maximum atomic E-state index is 12.6. The van der Waals surface area contributed by atoms with Crippen molar-refractivity contribution in [2.75, 3.05) is 13.1 Å². The van der Waals surface area contributed by atoms with Crippen LogP contribution in [0.25, 0.3) is 10.9 Å². The van der Waals surface area contributed by atoms with Gasteiger partial charge in [-0.25, -0.2) is 0 Å². The summed E-state index contributed by atoms with van der Waals surface area (Å²) in [5.74, 6) is 0.817. The molecule has 0 unspecified atom stereocenters. The number of nitrogens with zero attached hydrogens (tertiary/aromatic N) is 1. The Labute approximate surface area is 167 Å². The molecule has 1 aliphatic rings. The summed E-state index contributed by atoms with van der Waals surface area (Å²) in [6.45, 7) is 8.20. The average molecular weight is 375 g/mol. The van der Waals surface area contributed by atoms with Crippen molar-refractivity contribution < 1.29 is 4.79 Å². The second-order valence-corrected chi connectivity index (χ2v) is 8.35. The standard InChI is InChI=1S/C25H30N2O/c1-17-4-7-20(8-5-17)9-11-24(28)27-14-12-21(13-15-27)25-19(3)22-16-18(2)6-10-23(22)26-25/h4-8,10,16,21,26H,9,11-15H2,1-3H3. The van der Waals surface area contributed by atoms with Crippen LogP contribution in [0.2, 0.25) is 0 Å². The fourth-order valence-electron chi connectivity index (χ4n) is 4.45. The van der Waals surface area contributed by atoms with Gasteiger partial charge in [-0.1, -0.05) is 41.5 Å². The monoisotopic (exact) mass is 374 g/mol. The molecule has 1 fully saturated rings. The van der Waals surface area contributed by atoms with Crippen LogP contribution in [0.4, 0.5) is 0 Å². The van der Waals surface area contributed by atoms with Crippen LogP contribution in [0, 0.1) is 20.8 Å². The quantitative estimate of drug-likeness (QED) is 0.649. The van der Waals surface area contributed by atoms with Crippen molar-refractivity contribution >= 4 is 16.8 Å². The van der Waals surface area contributed by atoms with Crippen LogP contribution >= 0.6 is 0 Å². The molecule has 3 heteroatoms. The molecule has 1 saturated heterocycles. The summed E-state index contributed by atoms with van der Waals surface area (Å²) in [6.07, 6.45) is 3.53. The fourth-order valence-corrected chi connectivity index (χ4v) is 4.45. The molecule has 1 aliphatic heterocycles. The van der Waals surface area contributed by atoms with E-state index in [-0.39, 0.29) is 0 Å². The molecule has 1 aromatic heterocycles. The van der Waals surface area contributed by atoms with E-state index in [9.17, 15) is 4.79 Å². The molecule has 0 atom stereocenters. The van der Waals surface area contributed by atoms with E-state index in [0.717, 1.165) is 32.4 Å². The Morgan fingerprint density at radius 1 is 1.00 bits per heavy atom. The van der Waals surface area contributed by atoms with Gasteiger partial charge in [0.1, 0.15) is 0 Å². The topological polar surface area (TPSA) is 36.1 Å². The predicted octanol–water partition coefficient (Wildman–Crippen LogP) is 5.43. The van der Waals surface area contributed by atoms with Gasteiger partial charge in [-0.3, -0.25) is 4.79 Å². The summed E-state index contributed by atoms with van der Waals surface area (Å²) in [4.78, 5) is 18.4. The number of carbonyl (C=O) groups is 1. The Kier molecular flexibility index (Phi) is 5.25. The lowest BCUT2D eigenvalue weighted by Crippen LogP contribution is -2.38. The molecule has 1 amide bonds. The molecule has 0 saturated carbocycles. The Balaban J connectivity index is 1.36. The lowest BCUT2D eigenvalue weighted by Gasteiger charge is -2.32. The minimum absolute atomic E-state index is 0.294. The number of rotatable bonds is 4. The third-order valence-electron chi connectivity index (χ3n) is 6.26. The minimum Gasteiger partial charge on any atom is -0.358 e. The number of hydrogen-bond acceptors (Lipinski definition) is 1. The molecule has 146 valence electrons. The zero-order valence-corrected chi connectivity index (χ0v) is 17.2. The SMILES string of the molecule is Cc1ccc(CCC(=O)N2CCC(c3[nH]c4ccc(C)cc4c3C)CC2)cc1. The van der Waals surface area contributed by atoms with Crippen molar-refractivity contribution in [2.45, 2.75) is 52.4 Å².